The second kappa shape index (κ2) is 7.23. The maximum absolute atomic E-state index is 10.9. The van der Waals surface area contributed by atoms with E-state index in [9.17, 15) is 9.90 Å². The van der Waals surface area contributed by atoms with E-state index in [1.165, 1.54) is 0 Å². The van der Waals surface area contributed by atoms with Crippen molar-refractivity contribution in [3.8, 4) is 11.5 Å². The van der Waals surface area contributed by atoms with Gasteiger partial charge in [-0.3, -0.25) is 0 Å². The average Bonchev–Trinajstić information content (AvgIpc) is 2.35. The molecule has 1 rings (SSSR count). The van der Waals surface area contributed by atoms with Crippen LogP contribution in [0.3, 0.4) is 0 Å². The summed E-state index contributed by atoms with van der Waals surface area (Å²) in [5.74, 6) is 0.0700. The second-order valence-electron chi connectivity index (χ2n) is 5.83. The highest BCUT2D eigenvalue weighted by atomic mass is 35.5. The lowest BCUT2D eigenvalue weighted by Gasteiger charge is -2.19. The molecule has 0 heterocycles. The Balaban J connectivity index is 3.53. The first-order valence-electron chi connectivity index (χ1n) is 6.77. The van der Waals surface area contributed by atoms with Crippen LogP contribution in [-0.2, 0) is 12.8 Å². The third-order valence-corrected chi connectivity index (χ3v) is 3.84. The second-order valence-corrected chi connectivity index (χ2v) is 6.58. The summed E-state index contributed by atoms with van der Waals surface area (Å²) in [5, 5.41) is 19.7. The van der Waals surface area contributed by atoms with Gasteiger partial charge < -0.3 is 14.9 Å². The van der Waals surface area contributed by atoms with Crippen molar-refractivity contribution >= 4 is 29.4 Å². The molecule has 1 aromatic carbocycles. The van der Waals surface area contributed by atoms with Crippen molar-refractivity contribution in [1.29, 1.82) is 0 Å². The molecule has 0 unspecified atom stereocenters. The van der Waals surface area contributed by atoms with Gasteiger partial charge in [0, 0.05) is 11.1 Å². The number of carboxylic acid groups (broad SMARTS) is 1. The first kappa shape index (κ1) is 17.9. The molecular weight excluding hydrogens is 315 g/mol. The van der Waals surface area contributed by atoms with E-state index in [0.717, 1.165) is 0 Å². The summed E-state index contributed by atoms with van der Waals surface area (Å²) in [6.45, 7) is 7.83. The standard InChI is InChI=1S/C15H20Cl2O4/c1-7(2)5-9-11(16)12(17)10(6-8(3)4)14(13(9)18)21-15(19)20/h7-8,18H,5-6H2,1-4H3,(H,19,20). The fourth-order valence-electron chi connectivity index (χ4n) is 2.13. The van der Waals surface area contributed by atoms with Crippen LogP contribution in [0.2, 0.25) is 10.0 Å². The third-order valence-electron chi connectivity index (χ3n) is 2.91. The van der Waals surface area contributed by atoms with Crippen LogP contribution in [0.15, 0.2) is 0 Å². The van der Waals surface area contributed by atoms with Gasteiger partial charge >= 0.3 is 6.16 Å². The molecule has 4 nitrogen and oxygen atoms in total. The number of carbonyl (C=O) groups is 1. The number of phenolic OH excluding ortho intramolecular Hbond substituents is 1. The summed E-state index contributed by atoms with van der Waals surface area (Å²) in [4.78, 5) is 10.9. The molecule has 0 aromatic heterocycles. The van der Waals surface area contributed by atoms with Gasteiger partial charge in [-0.25, -0.2) is 4.79 Å². The number of aromatic hydroxyl groups is 1. The van der Waals surface area contributed by atoms with Crippen LogP contribution in [0.1, 0.15) is 38.8 Å². The highest BCUT2D eigenvalue weighted by Gasteiger charge is 2.25. The van der Waals surface area contributed by atoms with Crippen LogP contribution in [0.4, 0.5) is 4.79 Å². The maximum atomic E-state index is 10.9. The van der Waals surface area contributed by atoms with Gasteiger partial charge in [-0.2, -0.15) is 0 Å². The predicted molar refractivity (Wildman–Crippen MR) is 83.9 cm³/mol. The van der Waals surface area contributed by atoms with Crippen LogP contribution in [-0.4, -0.2) is 16.4 Å². The summed E-state index contributed by atoms with van der Waals surface area (Å²) in [7, 11) is 0. The van der Waals surface area contributed by atoms with Crippen LogP contribution in [0.25, 0.3) is 0 Å². The van der Waals surface area contributed by atoms with Crippen molar-refractivity contribution in [3.63, 3.8) is 0 Å². The fraction of sp³-hybridized carbons (Fsp3) is 0.533. The molecular formula is C15H20Cl2O4. The minimum Gasteiger partial charge on any atom is -0.504 e. The molecule has 0 aliphatic heterocycles. The molecule has 0 radical (unpaired) electrons. The molecule has 0 saturated carbocycles. The van der Waals surface area contributed by atoms with Crippen molar-refractivity contribution in [1.82, 2.24) is 0 Å². The van der Waals surface area contributed by atoms with Gasteiger partial charge in [0.15, 0.2) is 11.5 Å². The molecule has 21 heavy (non-hydrogen) atoms. The van der Waals surface area contributed by atoms with Crippen molar-refractivity contribution in [2.45, 2.75) is 40.5 Å². The molecule has 0 amide bonds. The smallest absolute Gasteiger partial charge is 0.504 e. The average molecular weight is 335 g/mol. The molecule has 0 atom stereocenters. The van der Waals surface area contributed by atoms with Gasteiger partial charge in [0.05, 0.1) is 10.0 Å². The number of rotatable bonds is 5. The Kier molecular flexibility index (Phi) is 6.17. The normalized spacial score (nSPS) is 11.2. The molecule has 2 N–H and O–H groups in total. The Hall–Kier alpha value is -1.13. The first-order valence-corrected chi connectivity index (χ1v) is 7.53. The molecule has 0 bridgehead atoms. The molecule has 0 spiro atoms. The van der Waals surface area contributed by atoms with E-state index in [4.69, 9.17) is 33.0 Å². The zero-order valence-electron chi connectivity index (χ0n) is 12.5. The Labute approximate surface area is 134 Å². The van der Waals surface area contributed by atoms with Crippen molar-refractivity contribution in [3.05, 3.63) is 21.2 Å². The summed E-state index contributed by atoms with van der Waals surface area (Å²) in [6, 6.07) is 0. The number of hydrogen-bond acceptors (Lipinski definition) is 3. The third kappa shape index (κ3) is 4.42. The zero-order valence-corrected chi connectivity index (χ0v) is 14.0. The van der Waals surface area contributed by atoms with E-state index in [-0.39, 0.29) is 33.4 Å². The largest absolute Gasteiger partial charge is 0.511 e. The molecule has 0 saturated heterocycles. The monoisotopic (exact) mass is 334 g/mol. The van der Waals surface area contributed by atoms with Crippen molar-refractivity contribution in [2.75, 3.05) is 0 Å². The number of hydrogen-bond donors (Lipinski definition) is 2. The van der Waals surface area contributed by atoms with Crippen LogP contribution in [0, 0.1) is 11.8 Å². The fourth-order valence-corrected chi connectivity index (χ4v) is 2.69. The van der Waals surface area contributed by atoms with Crippen LogP contribution < -0.4 is 4.74 Å². The Morgan fingerprint density at radius 3 is 1.90 bits per heavy atom. The lowest BCUT2D eigenvalue weighted by molar-refractivity contribution is 0.142. The topological polar surface area (TPSA) is 66.8 Å². The summed E-state index contributed by atoms with van der Waals surface area (Å²) in [6.07, 6.45) is -0.567. The molecule has 118 valence electrons. The minimum absolute atomic E-state index is 0.110. The molecule has 1 aromatic rings. The van der Waals surface area contributed by atoms with Crippen LogP contribution >= 0.6 is 23.2 Å². The van der Waals surface area contributed by atoms with E-state index < -0.39 is 6.16 Å². The molecule has 0 fully saturated rings. The Morgan fingerprint density at radius 1 is 1.05 bits per heavy atom. The van der Waals surface area contributed by atoms with E-state index in [1.54, 1.807) is 0 Å². The minimum atomic E-state index is -1.50. The lowest BCUT2D eigenvalue weighted by Crippen LogP contribution is -2.10. The number of benzene rings is 1. The van der Waals surface area contributed by atoms with Gasteiger partial charge in [-0.1, -0.05) is 50.9 Å². The first-order chi connectivity index (χ1) is 9.65. The summed E-state index contributed by atoms with van der Waals surface area (Å²) >= 11 is 12.5. The summed E-state index contributed by atoms with van der Waals surface area (Å²) < 4.78 is 4.76. The molecule has 0 aliphatic rings. The highest BCUT2D eigenvalue weighted by molar-refractivity contribution is 6.43. The quantitative estimate of drug-likeness (QED) is 0.577. The number of ether oxygens (including phenoxy) is 1. The van der Waals surface area contributed by atoms with Gasteiger partial charge in [0.25, 0.3) is 0 Å². The predicted octanol–water partition coefficient (Wildman–Crippen LogP) is 5.15. The van der Waals surface area contributed by atoms with Crippen molar-refractivity contribution in [2.24, 2.45) is 11.8 Å². The number of halogens is 2. The van der Waals surface area contributed by atoms with Gasteiger partial charge in [0.2, 0.25) is 0 Å². The van der Waals surface area contributed by atoms with E-state index in [1.807, 2.05) is 27.7 Å². The van der Waals surface area contributed by atoms with Gasteiger partial charge in [-0.05, 0) is 24.7 Å². The van der Waals surface area contributed by atoms with Gasteiger partial charge in [-0.15, -0.1) is 0 Å². The van der Waals surface area contributed by atoms with E-state index in [2.05, 4.69) is 0 Å². The van der Waals surface area contributed by atoms with Gasteiger partial charge in [0.1, 0.15) is 0 Å². The maximum Gasteiger partial charge on any atom is 0.511 e. The SMILES string of the molecule is CC(C)Cc1c(O)c(OC(=O)O)c(CC(C)C)c(Cl)c1Cl. The number of phenols is 1. The van der Waals surface area contributed by atoms with E-state index >= 15 is 0 Å². The van der Waals surface area contributed by atoms with E-state index in [0.29, 0.717) is 24.0 Å². The lowest BCUT2D eigenvalue weighted by atomic mass is 9.95. The zero-order chi connectivity index (χ0) is 16.3. The highest BCUT2D eigenvalue weighted by Crippen LogP contribution is 2.46. The Morgan fingerprint density at radius 2 is 1.48 bits per heavy atom. The Bertz CT molecular complexity index is 539. The molecule has 0 aliphatic carbocycles. The van der Waals surface area contributed by atoms with Crippen LogP contribution in [0.5, 0.6) is 11.5 Å². The summed E-state index contributed by atoms with van der Waals surface area (Å²) in [5.41, 5.74) is 0.837. The van der Waals surface area contributed by atoms with Crippen molar-refractivity contribution < 1.29 is 19.7 Å². The molecule has 6 heteroatoms.